The van der Waals surface area contributed by atoms with Gasteiger partial charge < -0.3 is 15.5 Å². The fourth-order valence-electron chi connectivity index (χ4n) is 1.98. The molecule has 1 aromatic rings. The number of anilines is 1. The number of aromatic nitrogens is 1. The SMILES string of the molecule is CCNc1cccnc1S(=O)(=O)N1CC(O)C(O)C1. The molecule has 1 aliphatic heterocycles. The van der Waals surface area contributed by atoms with E-state index >= 15 is 0 Å². The number of rotatable bonds is 4. The Morgan fingerprint density at radius 3 is 2.63 bits per heavy atom. The summed E-state index contributed by atoms with van der Waals surface area (Å²) in [5.74, 6) is 0. The lowest BCUT2D eigenvalue weighted by Gasteiger charge is -2.17. The maximum absolute atomic E-state index is 12.4. The van der Waals surface area contributed by atoms with Gasteiger partial charge in [-0.1, -0.05) is 0 Å². The van der Waals surface area contributed by atoms with Gasteiger partial charge in [-0.15, -0.1) is 0 Å². The predicted octanol–water partition coefficient (Wildman–Crippen LogP) is -0.761. The maximum atomic E-state index is 12.4. The summed E-state index contributed by atoms with van der Waals surface area (Å²) in [5.41, 5.74) is 0.417. The van der Waals surface area contributed by atoms with Crippen LogP contribution in [-0.2, 0) is 10.0 Å². The topological polar surface area (TPSA) is 103 Å². The molecule has 1 aromatic heterocycles. The van der Waals surface area contributed by atoms with Crippen LogP contribution < -0.4 is 5.32 Å². The van der Waals surface area contributed by atoms with Gasteiger partial charge in [-0.05, 0) is 19.1 Å². The largest absolute Gasteiger partial charge is 0.389 e. The van der Waals surface area contributed by atoms with Gasteiger partial charge in [0.25, 0.3) is 10.0 Å². The van der Waals surface area contributed by atoms with Gasteiger partial charge in [0.05, 0.1) is 17.9 Å². The van der Waals surface area contributed by atoms with Crippen molar-refractivity contribution in [3.63, 3.8) is 0 Å². The van der Waals surface area contributed by atoms with Crippen LogP contribution in [0.2, 0.25) is 0 Å². The monoisotopic (exact) mass is 287 g/mol. The van der Waals surface area contributed by atoms with Crippen molar-refractivity contribution < 1.29 is 18.6 Å². The van der Waals surface area contributed by atoms with Gasteiger partial charge in [0.15, 0.2) is 5.03 Å². The highest BCUT2D eigenvalue weighted by molar-refractivity contribution is 7.89. The highest BCUT2D eigenvalue weighted by Crippen LogP contribution is 2.25. The Kier molecular flexibility index (Phi) is 4.04. The molecule has 106 valence electrons. The molecule has 7 nitrogen and oxygen atoms in total. The zero-order valence-corrected chi connectivity index (χ0v) is 11.3. The summed E-state index contributed by atoms with van der Waals surface area (Å²) in [6, 6.07) is 3.27. The predicted molar refractivity (Wildman–Crippen MR) is 69.2 cm³/mol. The van der Waals surface area contributed by atoms with Gasteiger partial charge in [0, 0.05) is 25.8 Å². The third kappa shape index (κ3) is 2.71. The van der Waals surface area contributed by atoms with Crippen molar-refractivity contribution in [1.29, 1.82) is 0 Å². The van der Waals surface area contributed by atoms with E-state index in [-0.39, 0.29) is 18.1 Å². The number of β-amino-alcohol motifs (C(OH)–C–C–N with tert-alkyl or cyclic N) is 2. The number of aliphatic hydroxyl groups excluding tert-OH is 2. The molecule has 0 saturated carbocycles. The molecule has 0 amide bonds. The van der Waals surface area contributed by atoms with E-state index in [9.17, 15) is 18.6 Å². The second-order valence-corrected chi connectivity index (χ2v) is 6.20. The minimum Gasteiger partial charge on any atom is -0.389 e. The lowest BCUT2D eigenvalue weighted by atomic mass is 10.3. The molecular weight excluding hydrogens is 270 g/mol. The van der Waals surface area contributed by atoms with Crippen LogP contribution >= 0.6 is 0 Å². The molecule has 2 unspecified atom stereocenters. The van der Waals surface area contributed by atoms with E-state index in [0.29, 0.717) is 12.2 Å². The van der Waals surface area contributed by atoms with Crippen LogP contribution in [0.15, 0.2) is 23.4 Å². The van der Waals surface area contributed by atoms with Crippen LogP contribution in [0.25, 0.3) is 0 Å². The lowest BCUT2D eigenvalue weighted by Crippen LogP contribution is -2.31. The third-order valence-electron chi connectivity index (χ3n) is 2.95. The van der Waals surface area contributed by atoms with Crippen molar-refractivity contribution in [2.45, 2.75) is 24.2 Å². The second kappa shape index (κ2) is 5.41. The Hall–Kier alpha value is -1.22. The van der Waals surface area contributed by atoms with Crippen molar-refractivity contribution >= 4 is 15.7 Å². The van der Waals surface area contributed by atoms with Crippen LogP contribution in [0.3, 0.4) is 0 Å². The number of hydrogen-bond donors (Lipinski definition) is 3. The van der Waals surface area contributed by atoms with E-state index in [1.807, 2.05) is 6.92 Å². The van der Waals surface area contributed by atoms with Crippen molar-refractivity contribution in [2.75, 3.05) is 25.0 Å². The van der Waals surface area contributed by atoms with E-state index in [1.165, 1.54) is 6.20 Å². The number of sulfonamides is 1. The smallest absolute Gasteiger partial charge is 0.262 e. The number of nitrogens with one attached hydrogen (secondary N) is 1. The summed E-state index contributed by atoms with van der Waals surface area (Å²) in [4.78, 5) is 3.91. The quantitative estimate of drug-likeness (QED) is 0.672. The molecule has 1 saturated heterocycles. The molecule has 0 spiro atoms. The minimum absolute atomic E-state index is 0.0850. The van der Waals surface area contributed by atoms with Gasteiger partial charge in [-0.25, -0.2) is 13.4 Å². The zero-order chi connectivity index (χ0) is 14.0. The molecule has 2 heterocycles. The van der Waals surface area contributed by atoms with Crippen molar-refractivity contribution in [3.8, 4) is 0 Å². The minimum atomic E-state index is -3.82. The molecule has 0 radical (unpaired) electrons. The van der Waals surface area contributed by atoms with Crippen LogP contribution in [0, 0.1) is 0 Å². The molecular formula is C11H17N3O4S. The van der Waals surface area contributed by atoms with Crippen LogP contribution in [0.5, 0.6) is 0 Å². The second-order valence-electron chi connectivity index (χ2n) is 4.34. The normalized spacial score (nSPS) is 24.6. The summed E-state index contributed by atoms with van der Waals surface area (Å²) < 4.78 is 25.9. The number of nitrogens with zero attached hydrogens (tertiary/aromatic N) is 2. The molecule has 1 aliphatic rings. The summed E-state index contributed by atoms with van der Waals surface area (Å²) >= 11 is 0. The fraction of sp³-hybridized carbons (Fsp3) is 0.545. The lowest BCUT2D eigenvalue weighted by molar-refractivity contribution is 0.0572. The Bertz CT molecular complexity index is 539. The maximum Gasteiger partial charge on any atom is 0.262 e. The first-order valence-corrected chi connectivity index (χ1v) is 7.46. The molecule has 2 rings (SSSR count). The zero-order valence-electron chi connectivity index (χ0n) is 10.5. The Morgan fingerprint density at radius 1 is 1.42 bits per heavy atom. The van der Waals surface area contributed by atoms with E-state index in [0.717, 1.165) is 4.31 Å². The molecule has 8 heteroatoms. The molecule has 3 N–H and O–H groups in total. The Morgan fingerprint density at radius 2 is 2.05 bits per heavy atom. The van der Waals surface area contributed by atoms with E-state index < -0.39 is 22.2 Å². The van der Waals surface area contributed by atoms with Gasteiger partial charge in [0.2, 0.25) is 0 Å². The summed E-state index contributed by atoms with van der Waals surface area (Å²) in [6.45, 7) is 2.18. The van der Waals surface area contributed by atoms with Crippen molar-refractivity contribution in [2.24, 2.45) is 0 Å². The summed E-state index contributed by atoms with van der Waals surface area (Å²) in [6.07, 6.45) is -0.710. The van der Waals surface area contributed by atoms with E-state index in [4.69, 9.17) is 0 Å². The molecule has 19 heavy (non-hydrogen) atoms. The van der Waals surface area contributed by atoms with Gasteiger partial charge in [-0.2, -0.15) is 4.31 Å². The number of pyridine rings is 1. The summed E-state index contributed by atoms with van der Waals surface area (Å²) in [5, 5.41) is 21.8. The fourth-order valence-corrected chi connectivity index (χ4v) is 3.53. The Balaban J connectivity index is 2.35. The molecule has 0 aromatic carbocycles. The molecule has 0 bridgehead atoms. The standard InChI is InChI=1S/C11H17N3O4S/c1-2-12-8-4-3-5-13-11(8)19(17,18)14-6-9(15)10(16)7-14/h3-5,9-10,12,15-16H,2,6-7H2,1H3. The third-order valence-corrected chi connectivity index (χ3v) is 4.74. The highest BCUT2D eigenvalue weighted by Gasteiger charge is 2.39. The summed E-state index contributed by atoms with van der Waals surface area (Å²) in [7, 11) is -3.82. The molecule has 0 aliphatic carbocycles. The highest BCUT2D eigenvalue weighted by atomic mass is 32.2. The van der Waals surface area contributed by atoms with Crippen molar-refractivity contribution in [3.05, 3.63) is 18.3 Å². The van der Waals surface area contributed by atoms with Crippen molar-refractivity contribution in [1.82, 2.24) is 9.29 Å². The van der Waals surface area contributed by atoms with E-state index in [2.05, 4.69) is 10.3 Å². The van der Waals surface area contributed by atoms with E-state index in [1.54, 1.807) is 12.1 Å². The van der Waals surface area contributed by atoms with Gasteiger partial charge in [0.1, 0.15) is 0 Å². The number of hydrogen-bond acceptors (Lipinski definition) is 6. The number of aliphatic hydroxyl groups is 2. The average molecular weight is 287 g/mol. The first kappa shape index (κ1) is 14.2. The van der Waals surface area contributed by atoms with Gasteiger partial charge >= 0.3 is 0 Å². The average Bonchev–Trinajstić information content (AvgIpc) is 2.71. The first-order valence-electron chi connectivity index (χ1n) is 6.02. The Labute approximate surface area is 111 Å². The molecule has 1 fully saturated rings. The van der Waals surface area contributed by atoms with Gasteiger partial charge in [-0.3, -0.25) is 0 Å². The van der Waals surface area contributed by atoms with Crippen LogP contribution in [0.4, 0.5) is 5.69 Å². The van der Waals surface area contributed by atoms with Crippen LogP contribution in [-0.4, -0.2) is 59.8 Å². The van der Waals surface area contributed by atoms with Crippen LogP contribution in [0.1, 0.15) is 6.92 Å². The first-order chi connectivity index (χ1) is 8.96. The molecule has 2 atom stereocenters.